The molecule has 0 aliphatic carbocycles. The lowest BCUT2D eigenvalue weighted by Gasteiger charge is -2.29. The van der Waals surface area contributed by atoms with Crippen molar-refractivity contribution >= 4 is 5.91 Å². The van der Waals surface area contributed by atoms with E-state index in [1.54, 1.807) is 6.92 Å². The zero-order valence-corrected chi connectivity index (χ0v) is 6.75. The van der Waals surface area contributed by atoms with Gasteiger partial charge in [0, 0.05) is 20.0 Å². The highest BCUT2D eigenvalue weighted by Gasteiger charge is 2.20. The lowest BCUT2D eigenvalue weighted by atomic mass is 10.1. The molecule has 64 valence electrons. The summed E-state index contributed by atoms with van der Waals surface area (Å²) < 4.78 is 0. The molecular formula is C7H14N2O2. The van der Waals surface area contributed by atoms with Crippen molar-refractivity contribution in [2.75, 3.05) is 13.1 Å². The number of amides is 1. The van der Waals surface area contributed by atoms with E-state index in [9.17, 15) is 4.79 Å². The van der Waals surface area contributed by atoms with Crippen molar-refractivity contribution in [2.24, 2.45) is 5.90 Å². The molecule has 1 rings (SSSR count). The summed E-state index contributed by atoms with van der Waals surface area (Å²) in [6.45, 7) is 3.14. The SMILES string of the molecule is CC(=O)N1CCC(ON)CC1. The minimum absolute atomic E-state index is 0.139. The van der Waals surface area contributed by atoms with Crippen LogP contribution < -0.4 is 5.90 Å². The second-order valence-electron chi connectivity index (χ2n) is 2.84. The summed E-state index contributed by atoms with van der Waals surface area (Å²) >= 11 is 0. The molecule has 1 heterocycles. The molecule has 1 saturated heterocycles. The van der Waals surface area contributed by atoms with Gasteiger partial charge in [-0.1, -0.05) is 0 Å². The summed E-state index contributed by atoms with van der Waals surface area (Å²) in [6.07, 6.45) is 1.86. The summed E-state index contributed by atoms with van der Waals surface area (Å²) in [7, 11) is 0. The van der Waals surface area contributed by atoms with Crippen LogP contribution in [0.3, 0.4) is 0 Å². The van der Waals surface area contributed by atoms with Crippen molar-refractivity contribution < 1.29 is 9.63 Å². The Kier molecular flexibility index (Phi) is 2.84. The van der Waals surface area contributed by atoms with E-state index in [0.717, 1.165) is 25.9 Å². The fraction of sp³-hybridized carbons (Fsp3) is 0.857. The van der Waals surface area contributed by atoms with Crippen molar-refractivity contribution in [1.29, 1.82) is 0 Å². The smallest absolute Gasteiger partial charge is 0.219 e. The van der Waals surface area contributed by atoms with E-state index in [4.69, 9.17) is 5.90 Å². The van der Waals surface area contributed by atoms with Gasteiger partial charge in [-0.3, -0.25) is 4.79 Å². The summed E-state index contributed by atoms with van der Waals surface area (Å²) in [5, 5.41) is 0. The van der Waals surface area contributed by atoms with Crippen molar-refractivity contribution in [3.05, 3.63) is 0 Å². The van der Waals surface area contributed by atoms with Crippen LogP contribution in [0.2, 0.25) is 0 Å². The molecular weight excluding hydrogens is 144 g/mol. The number of piperidine rings is 1. The van der Waals surface area contributed by atoms with Crippen molar-refractivity contribution in [3.63, 3.8) is 0 Å². The number of carbonyl (C=O) groups is 1. The van der Waals surface area contributed by atoms with Crippen molar-refractivity contribution in [2.45, 2.75) is 25.9 Å². The zero-order chi connectivity index (χ0) is 8.27. The quantitative estimate of drug-likeness (QED) is 0.542. The largest absolute Gasteiger partial charge is 0.343 e. The molecule has 11 heavy (non-hydrogen) atoms. The third-order valence-electron chi connectivity index (χ3n) is 2.08. The van der Waals surface area contributed by atoms with Crippen LogP contribution in [-0.2, 0) is 9.63 Å². The zero-order valence-electron chi connectivity index (χ0n) is 6.75. The van der Waals surface area contributed by atoms with Crippen LogP contribution in [0.25, 0.3) is 0 Å². The second kappa shape index (κ2) is 3.69. The molecule has 0 aromatic carbocycles. The molecule has 0 aromatic rings. The Morgan fingerprint density at radius 2 is 2.09 bits per heavy atom. The van der Waals surface area contributed by atoms with Crippen LogP contribution in [0.5, 0.6) is 0 Å². The maximum absolute atomic E-state index is 10.8. The molecule has 0 atom stereocenters. The highest BCUT2D eigenvalue weighted by atomic mass is 16.6. The molecule has 4 nitrogen and oxygen atoms in total. The number of hydrogen-bond donors (Lipinski definition) is 1. The molecule has 0 saturated carbocycles. The molecule has 4 heteroatoms. The molecule has 2 N–H and O–H groups in total. The molecule has 0 bridgehead atoms. The van der Waals surface area contributed by atoms with Crippen LogP contribution in [0.15, 0.2) is 0 Å². The Hall–Kier alpha value is -0.610. The third kappa shape index (κ3) is 2.17. The minimum atomic E-state index is 0.139. The highest BCUT2D eigenvalue weighted by molar-refractivity contribution is 5.73. The number of carbonyl (C=O) groups excluding carboxylic acids is 1. The van der Waals surface area contributed by atoms with E-state index in [2.05, 4.69) is 4.84 Å². The minimum Gasteiger partial charge on any atom is -0.343 e. The van der Waals surface area contributed by atoms with Gasteiger partial charge in [0.15, 0.2) is 0 Å². The fourth-order valence-corrected chi connectivity index (χ4v) is 1.31. The monoisotopic (exact) mass is 158 g/mol. The number of rotatable bonds is 1. The van der Waals surface area contributed by atoms with Crippen LogP contribution in [-0.4, -0.2) is 30.0 Å². The first-order valence-electron chi connectivity index (χ1n) is 3.85. The van der Waals surface area contributed by atoms with E-state index < -0.39 is 0 Å². The van der Waals surface area contributed by atoms with Gasteiger partial charge in [0.2, 0.25) is 5.91 Å². The van der Waals surface area contributed by atoms with Crippen LogP contribution in [0.1, 0.15) is 19.8 Å². The first kappa shape index (κ1) is 8.49. The molecule has 0 radical (unpaired) electrons. The Labute approximate surface area is 66.3 Å². The average molecular weight is 158 g/mol. The van der Waals surface area contributed by atoms with Gasteiger partial charge in [-0.05, 0) is 12.8 Å². The number of hydrogen-bond acceptors (Lipinski definition) is 3. The predicted molar refractivity (Wildman–Crippen MR) is 40.5 cm³/mol. The van der Waals surface area contributed by atoms with Gasteiger partial charge in [-0.25, -0.2) is 5.90 Å². The third-order valence-corrected chi connectivity index (χ3v) is 2.08. The van der Waals surface area contributed by atoms with Gasteiger partial charge in [0.1, 0.15) is 0 Å². The van der Waals surface area contributed by atoms with Gasteiger partial charge < -0.3 is 9.74 Å². The van der Waals surface area contributed by atoms with E-state index in [1.807, 2.05) is 4.90 Å². The van der Waals surface area contributed by atoms with Crippen LogP contribution in [0, 0.1) is 0 Å². The summed E-state index contributed by atoms with van der Waals surface area (Å²) in [6, 6.07) is 0. The summed E-state index contributed by atoms with van der Waals surface area (Å²) in [4.78, 5) is 17.3. The van der Waals surface area contributed by atoms with E-state index in [0.29, 0.717) is 0 Å². The molecule has 0 unspecified atom stereocenters. The standard InChI is InChI=1S/C7H14N2O2/c1-6(10)9-4-2-7(11-8)3-5-9/h7H,2-5,8H2,1H3. The second-order valence-corrected chi connectivity index (χ2v) is 2.84. The molecule has 1 amide bonds. The Morgan fingerprint density at radius 3 is 2.45 bits per heavy atom. The Morgan fingerprint density at radius 1 is 1.55 bits per heavy atom. The number of likely N-dealkylation sites (tertiary alicyclic amines) is 1. The maximum atomic E-state index is 10.8. The topological polar surface area (TPSA) is 55.6 Å². The highest BCUT2D eigenvalue weighted by Crippen LogP contribution is 2.11. The summed E-state index contributed by atoms with van der Waals surface area (Å²) in [5.41, 5.74) is 0. The van der Waals surface area contributed by atoms with E-state index in [-0.39, 0.29) is 12.0 Å². The van der Waals surface area contributed by atoms with Crippen molar-refractivity contribution in [1.82, 2.24) is 4.90 Å². The Balaban J connectivity index is 2.30. The van der Waals surface area contributed by atoms with Gasteiger partial charge >= 0.3 is 0 Å². The fourth-order valence-electron chi connectivity index (χ4n) is 1.31. The van der Waals surface area contributed by atoms with Gasteiger partial charge in [-0.2, -0.15) is 0 Å². The van der Waals surface area contributed by atoms with Gasteiger partial charge in [0.25, 0.3) is 0 Å². The van der Waals surface area contributed by atoms with Crippen molar-refractivity contribution in [3.8, 4) is 0 Å². The first-order chi connectivity index (χ1) is 5.24. The maximum Gasteiger partial charge on any atom is 0.219 e. The molecule has 1 aliphatic heterocycles. The molecule has 0 aromatic heterocycles. The van der Waals surface area contributed by atoms with E-state index in [1.165, 1.54) is 0 Å². The first-order valence-corrected chi connectivity index (χ1v) is 3.85. The molecule has 1 aliphatic rings. The van der Waals surface area contributed by atoms with Gasteiger partial charge in [-0.15, -0.1) is 0 Å². The van der Waals surface area contributed by atoms with Gasteiger partial charge in [0.05, 0.1) is 6.10 Å². The van der Waals surface area contributed by atoms with Crippen LogP contribution >= 0.6 is 0 Å². The van der Waals surface area contributed by atoms with E-state index >= 15 is 0 Å². The lowest BCUT2D eigenvalue weighted by Crippen LogP contribution is -2.40. The average Bonchev–Trinajstić information content (AvgIpc) is 2.05. The predicted octanol–water partition coefficient (Wildman–Crippen LogP) is -0.112. The summed E-state index contributed by atoms with van der Waals surface area (Å²) in [5.74, 6) is 5.16. The normalized spacial score (nSPS) is 20.4. The number of nitrogens with two attached hydrogens (primary N) is 1. The molecule has 1 fully saturated rings. The number of nitrogens with zero attached hydrogens (tertiary/aromatic N) is 1. The lowest BCUT2D eigenvalue weighted by molar-refractivity contribution is -0.131. The Bertz CT molecular complexity index is 141. The van der Waals surface area contributed by atoms with Crippen LogP contribution in [0.4, 0.5) is 0 Å². The molecule has 0 spiro atoms.